The number of ether oxygens (including phenoxy) is 1. The third-order valence-corrected chi connectivity index (χ3v) is 6.16. The van der Waals surface area contributed by atoms with Crippen molar-refractivity contribution in [1.29, 1.82) is 0 Å². The lowest BCUT2D eigenvalue weighted by molar-refractivity contribution is -0.140. The van der Waals surface area contributed by atoms with E-state index in [2.05, 4.69) is 12.1 Å². The highest BCUT2D eigenvalue weighted by atomic mass is 32.2. The smallest absolute Gasteiger partial charge is 0.308 e. The van der Waals surface area contributed by atoms with Gasteiger partial charge in [-0.05, 0) is 23.5 Å². The van der Waals surface area contributed by atoms with E-state index in [1.165, 1.54) is 19.1 Å². The van der Waals surface area contributed by atoms with Gasteiger partial charge in [0.05, 0.1) is 17.6 Å². The first-order valence-corrected chi connectivity index (χ1v) is 7.64. The number of carbonyl (C=O) groups excluding carboxylic acids is 1. The summed E-state index contributed by atoms with van der Waals surface area (Å²) in [6.45, 7) is 0. The maximum absolute atomic E-state index is 11.6. The van der Waals surface area contributed by atoms with Crippen LogP contribution in [0.1, 0.15) is 18.4 Å². The van der Waals surface area contributed by atoms with Gasteiger partial charge in [-0.2, -0.15) is 0 Å². The van der Waals surface area contributed by atoms with Gasteiger partial charge < -0.3 is 4.74 Å². The fourth-order valence-corrected chi connectivity index (χ4v) is 5.20. The maximum atomic E-state index is 11.6. The van der Waals surface area contributed by atoms with Crippen molar-refractivity contribution < 1.29 is 9.53 Å². The second kappa shape index (κ2) is 5.83. The molecule has 1 aromatic rings. The van der Waals surface area contributed by atoms with Gasteiger partial charge in [0.25, 0.3) is 0 Å². The highest BCUT2D eigenvalue weighted by Crippen LogP contribution is 2.52. The summed E-state index contributed by atoms with van der Waals surface area (Å²) in [6, 6.07) is 10.3. The number of carbonyl (C=O) groups is 1. The molecule has 1 aliphatic heterocycles. The number of rotatable bonds is 3. The largest absolute Gasteiger partial charge is 0.469 e. The monoisotopic (exact) mass is 268 g/mol. The van der Waals surface area contributed by atoms with E-state index in [0.717, 1.165) is 11.5 Å². The van der Waals surface area contributed by atoms with Crippen molar-refractivity contribution in [2.75, 3.05) is 18.6 Å². The molecule has 92 valence electrons. The molecule has 1 aromatic carbocycles. The second-order valence-electron chi connectivity index (χ2n) is 3.92. The second-order valence-corrected chi connectivity index (χ2v) is 6.97. The lowest BCUT2D eigenvalue weighted by atomic mass is 10.1. The van der Waals surface area contributed by atoms with Crippen LogP contribution in [0.15, 0.2) is 30.3 Å². The summed E-state index contributed by atoms with van der Waals surface area (Å²) in [5, 5.41) is 0. The van der Waals surface area contributed by atoms with Crippen LogP contribution in [0.2, 0.25) is 0 Å². The molecule has 0 unspecified atom stereocenters. The van der Waals surface area contributed by atoms with Crippen molar-refractivity contribution >= 4 is 29.5 Å². The third kappa shape index (κ3) is 2.99. The molecule has 2 nitrogen and oxygen atoms in total. The van der Waals surface area contributed by atoms with E-state index in [4.69, 9.17) is 4.74 Å². The Morgan fingerprint density at radius 1 is 1.29 bits per heavy atom. The number of hydrogen-bond donors (Lipinski definition) is 0. The maximum Gasteiger partial charge on any atom is 0.308 e. The minimum atomic E-state index is -0.146. The van der Waals surface area contributed by atoms with E-state index < -0.39 is 0 Å². The molecule has 1 fully saturated rings. The van der Waals surface area contributed by atoms with Crippen LogP contribution in [0, 0.1) is 0 Å². The summed E-state index contributed by atoms with van der Waals surface area (Å²) in [7, 11) is 1.46. The molecule has 0 saturated carbocycles. The van der Waals surface area contributed by atoms with E-state index in [-0.39, 0.29) is 10.0 Å². The van der Waals surface area contributed by atoms with Crippen LogP contribution in [-0.2, 0) is 13.6 Å². The van der Waals surface area contributed by atoms with Crippen molar-refractivity contribution in [2.45, 2.75) is 16.9 Å². The van der Waals surface area contributed by atoms with Crippen molar-refractivity contribution in [1.82, 2.24) is 0 Å². The van der Waals surface area contributed by atoms with Crippen LogP contribution in [0.4, 0.5) is 0 Å². The van der Waals surface area contributed by atoms with Gasteiger partial charge in [-0.3, -0.25) is 4.79 Å². The van der Waals surface area contributed by atoms with Gasteiger partial charge in [0.15, 0.2) is 0 Å². The lowest BCUT2D eigenvalue weighted by Gasteiger charge is -2.35. The molecule has 0 aromatic heterocycles. The average molecular weight is 268 g/mol. The Bertz CT molecular complexity index is 372. The number of benzene rings is 1. The standard InChI is InChI=1S/C13H16O2S2/c1-15-12(14)10-13(16-8-5-9-17-13)11-6-3-2-4-7-11/h2-4,6-7H,5,8-10H2,1H3. The third-order valence-electron chi connectivity index (χ3n) is 2.78. The SMILES string of the molecule is COC(=O)CC1(c2ccccc2)SCCCS1. The zero-order valence-electron chi connectivity index (χ0n) is 9.85. The van der Waals surface area contributed by atoms with E-state index in [0.29, 0.717) is 6.42 Å². The van der Waals surface area contributed by atoms with Gasteiger partial charge in [0.2, 0.25) is 0 Å². The molecule has 0 bridgehead atoms. The van der Waals surface area contributed by atoms with Gasteiger partial charge in [0, 0.05) is 0 Å². The van der Waals surface area contributed by atoms with Crippen LogP contribution >= 0.6 is 23.5 Å². The summed E-state index contributed by atoms with van der Waals surface area (Å²) in [6.07, 6.45) is 1.66. The molecule has 1 heterocycles. The lowest BCUT2D eigenvalue weighted by Crippen LogP contribution is -2.26. The zero-order chi connectivity index (χ0) is 12.1. The summed E-state index contributed by atoms with van der Waals surface area (Å²) >= 11 is 3.74. The molecule has 1 saturated heterocycles. The minimum Gasteiger partial charge on any atom is -0.469 e. The predicted molar refractivity (Wildman–Crippen MR) is 74.3 cm³/mol. The molecule has 0 spiro atoms. The van der Waals surface area contributed by atoms with Crippen LogP contribution in [0.25, 0.3) is 0 Å². The minimum absolute atomic E-state index is 0.129. The fourth-order valence-electron chi connectivity index (χ4n) is 1.90. The molecule has 4 heteroatoms. The quantitative estimate of drug-likeness (QED) is 0.786. The zero-order valence-corrected chi connectivity index (χ0v) is 11.5. The molecule has 0 N–H and O–H groups in total. The highest BCUT2D eigenvalue weighted by molar-refractivity contribution is 8.18. The highest BCUT2D eigenvalue weighted by Gasteiger charge is 2.38. The van der Waals surface area contributed by atoms with E-state index >= 15 is 0 Å². The van der Waals surface area contributed by atoms with Crippen LogP contribution in [0.3, 0.4) is 0 Å². The normalized spacial score (nSPS) is 18.6. The summed E-state index contributed by atoms with van der Waals surface area (Å²) < 4.78 is 4.69. The summed E-state index contributed by atoms with van der Waals surface area (Å²) in [4.78, 5) is 11.6. The van der Waals surface area contributed by atoms with Crippen LogP contribution < -0.4 is 0 Å². The summed E-state index contributed by atoms with van der Waals surface area (Å²) in [5.74, 6) is 2.09. The van der Waals surface area contributed by atoms with Crippen molar-refractivity contribution in [3.8, 4) is 0 Å². The Morgan fingerprint density at radius 3 is 2.53 bits per heavy atom. The number of esters is 1. The Morgan fingerprint density at radius 2 is 1.94 bits per heavy atom. The topological polar surface area (TPSA) is 26.3 Å². The van der Waals surface area contributed by atoms with E-state index in [1.54, 1.807) is 0 Å². The van der Waals surface area contributed by atoms with Crippen LogP contribution in [-0.4, -0.2) is 24.6 Å². The molecular weight excluding hydrogens is 252 g/mol. The van der Waals surface area contributed by atoms with Crippen molar-refractivity contribution in [2.24, 2.45) is 0 Å². The molecule has 17 heavy (non-hydrogen) atoms. The molecular formula is C13H16O2S2. The average Bonchev–Trinajstić information content (AvgIpc) is 2.40. The molecule has 0 radical (unpaired) electrons. The Hall–Kier alpha value is -0.610. The van der Waals surface area contributed by atoms with Gasteiger partial charge >= 0.3 is 5.97 Å². The number of thioether (sulfide) groups is 2. The first-order valence-electron chi connectivity index (χ1n) is 5.67. The predicted octanol–water partition coefficient (Wildman–Crippen LogP) is 3.27. The van der Waals surface area contributed by atoms with Gasteiger partial charge in [-0.15, -0.1) is 23.5 Å². The molecule has 0 aliphatic carbocycles. The summed E-state index contributed by atoms with van der Waals surface area (Å²) in [5.41, 5.74) is 1.22. The molecule has 0 atom stereocenters. The Kier molecular flexibility index (Phi) is 4.40. The molecule has 1 aliphatic rings. The van der Waals surface area contributed by atoms with Gasteiger partial charge in [-0.25, -0.2) is 0 Å². The van der Waals surface area contributed by atoms with Crippen molar-refractivity contribution in [3.05, 3.63) is 35.9 Å². The number of methoxy groups -OCH3 is 1. The fraction of sp³-hybridized carbons (Fsp3) is 0.462. The van der Waals surface area contributed by atoms with E-state index in [1.807, 2.05) is 41.7 Å². The molecule has 0 amide bonds. The number of hydrogen-bond acceptors (Lipinski definition) is 4. The van der Waals surface area contributed by atoms with Crippen LogP contribution in [0.5, 0.6) is 0 Å². The van der Waals surface area contributed by atoms with E-state index in [9.17, 15) is 4.79 Å². The van der Waals surface area contributed by atoms with Gasteiger partial charge in [-0.1, -0.05) is 30.3 Å². The Balaban J connectivity index is 2.26. The molecule has 2 rings (SSSR count). The Labute approximate surface area is 111 Å². The first kappa shape index (κ1) is 12.8. The van der Waals surface area contributed by atoms with Crippen molar-refractivity contribution in [3.63, 3.8) is 0 Å². The van der Waals surface area contributed by atoms with Gasteiger partial charge in [0.1, 0.15) is 0 Å². The first-order chi connectivity index (χ1) is 8.27.